The third kappa shape index (κ3) is 3.66. The molecule has 0 spiro atoms. The lowest BCUT2D eigenvalue weighted by molar-refractivity contribution is -0.383. The van der Waals surface area contributed by atoms with Gasteiger partial charge in [0.1, 0.15) is 0 Å². The number of aliphatic hydroxyl groups is 1. The van der Waals surface area contributed by atoms with E-state index in [0.29, 0.717) is 16.4 Å². The van der Waals surface area contributed by atoms with E-state index in [1.807, 2.05) is 30.9 Å². The number of aliphatic hydroxyl groups excluding tert-OH is 1. The van der Waals surface area contributed by atoms with E-state index >= 15 is 0 Å². The zero-order valence-electron chi connectivity index (χ0n) is 11.1. The summed E-state index contributed by atoms with van der Waals surface area (Å²) in [7, 11) is 5.74. The van der Waals surface area contributed by atoms with Gasteiger partial charge in [0.2, 0.25) is 0 Å². The number of rotatable bonds is 6. The van der Waals surface area contributed by atoms with Crippen LogP contribution in [0.2, 0.25) is 0 Å². The van der Waals surface area contributed by atoms with Gasteiger partial charge in [0.05, 0.1) is 11.0 Å². The van der Waals surface area contributed by atoms with Gasteiger partial charge in [-0.1, -0.05) is 0 Å². The Balaban J connectivity index is 2.94. The van der Waals surface area contributed by atoms with Crippen LogP contribution in [0.3, 0.4) is 0 Å². The molecule has 0 fully saturated rings. The summed E-state index contributed by atoms with van der Waals surface area (Å²) >= 11 is 1.27. The van der Waals surface area contributed by atoms with Crippen LogP contribution >= 0.6 is 11.3 Å². The Bertz CT molecular complexity index is 418. The second-order valence-electron chi connectivity index (χ2n) is 4.50. The monoisotopic (exact) mass is 273 g/mol. The van der Waals surface area contributed by atoms with Gasteiger partial charge >= 0.3 is 5.69 Å². The van der Waals surface area contributed by atoms with Crippen molar-refractivity contribution in [1.29, 1.82) is 0 Å². The van der Waals surface area contributed by atoms with Crippen molar-refractivity contribution >= 4 is 22.0 Å². The summed E-state index contributed by atoms with van der Waals surface area (Å²) in [5, 5.41) is 21.1. The molecule has 1 N–H and O–H groups in total. The maximum absolute atomic E-state index is 11.0. The van der Waals surface area contributed by atoms with Gasteiger partial charge in [-0.3, -0.25) is 10.1 Å². The fourth-order valence-corrected chi connectivity index (χ4v) is 2.50. The lowest BCUT2D eigenvalue weighted by Crippen LogP contribution is -2.28. The Morgan fingerprint density at radius 2 is 2.06 bits per heavy atom. The molecule has 102 valence electrons. The van der Waals surface area contributed by atoms with Crippen LogP contribution in [0.25, 0.3) is 0 Å². The number of hydrogen-bond donors (Lipinski definition) is 1. The van der Waals surface area contributed by atoms with Crippen molar-refractivity contribution < 1.29 is 10.0 Å². The highest BCUT2D eigenvalue weighted by molar-refractivity contribution is 7.16. The first-order valence-electron chi connectivity index (χ1n) is 5.65. The molecule has 1 unspecified atom stereocenters. The van der Waals surface area contributed by atoms with Gasteiger partial charge < -0.3 is 14.9 Å². The summed E-state index contributed by atoms with van der Waals surface area (Å²) in [6, 6.07) is 1.46. The Labute approximate surface area is 111 Å². The van der Waals surface area contributed by atoms with Crippen LogP contribution in [-0.2, 0) is 0 Å². The molecule has 0 aliphatic rings. The Morgan fingerprint density at radius 3 is 2.50 bits per heavy atom. The minimum Gasteiger partial charge on any atom is -0.388 e. The summed E-state index contributed by atoms with van der Waals surface area (Å²) in [5.41, 5.74) is 0.0668. The number of nitrogens with zero attached hydrogens (tertiary/aromatic N) is 3. The molecule has 1 atom stereocenters. The van der Waals surface area contributed by atoms with Gasteiger partial charge in [-0.15, -0.1) is 11.3 Å². The molecule has 0 bridgehead atoms. The molecule has 0 aliphatic carbocycles. The zero-order valence-corrected chi connectivity index (χ0v) is 11.9. The minimum absolute atomic E-state index is 0.0668. The van der Waals surface area contributed by atoms with E-state index < -0.39 is 11.0 Å². The lowest BCUT2D eigenvalue weighted by Gasteiger charge is -2.19. The molecule has 18 heavy (non-hydrogen) atoms. The van der Waals surface area contributed by atoms with Gasteiger partial charge in [0.15, 0.2) is 5.00 Å². The average Bonchev–Trinajstić information content (AvgIpc) is 2.70. The molecule has 0 saturated carbocycles. The van der Waals surface area contributed by atoms with Crippen molar-refractivity contribution in [3.8, 4) is 0 Å². The largest absolute Gasteiger partial charge is 0.388 e. The summed E-state index contributed by atoms with van der Waals surface area (Å²) in [5.74, 6) is 0. The number of thiophene rings is 1. The van der Waals surface area contributed by atoms with Crippen LogP contribution in [0.1, 0.15) is 17.9 Å². The molecule has 0 radical (unpaired) electrons. The molecule has 1 aromatic heterocycles. The predicted octanol–water partition coefficient (Wildman–Crippen LogP) is 1.71. The number of nitro groups is 1. The van der Waals surface area contributed by atoms with E-state index in [4.69, 9.17) is 0 Å². The average molecular weight is 273 g/mol. The van der Waals surface area contributed by atoms with E-state index in [-0.39, 0.29) is 5.69 Å². The van der Waals surface area contributed by atoms with Crippen molar-refractivity contribution in [3.63, 3.8) is 0 Å². The van der Waals surface area contributed by atoms with Crippen LogP contribution in [0.5, 0.6) is 0 Å². The molecule has 0 aromatic carbocycles. The normalized spacial score (nSPS) is 12.8. The van der Waals surface area contributed by atoms with Gasteiger partial charge in [-0.25, -0.2) is 0 Å². The molecule has 0 saturated heterocycles. The molecule has 1 aromatic rings. The highest BCUT2D eigenvalue weighted by Gasteiger charge is 2.23. The first-order chi connectivity index (χ1) is 8.32. The van der Waals surface area contributed by atoms with Crippen molar-refractivity contribution in [3.05, 3.63) is 21.1 Å². The van der Waals surface area contributed by atoms with Crippen molar-refractivity contribution in [1.82, 2.24) is 4.90 Å². The topological polar surface area (TPSA) is 69.8 Å². The van der Waals surface area contributed by atoms with Crippen molar-refractivity contribution in [2.75, 3.05) is 39.1 Å². The third-order valence-electron chi connectivity index (χ3n) is 2.55. The molecule has 1 rings (SSSR count). The summed E-state index contributed by atoms with van der Waals surface area (Å²) in [6.07, 6.45) is -0.676. The maximum atomic E-state index is 11.0. The highest BCUT2D eigenvalue weighted by Crippen LogP contribution is 2.39. The Kier molecular flexibility index (Phi) is 5.06. The van der Waals surface area contributed by atoms with E-state index in [1.54, 1.807) is 6.92 Å². The maximum Gasteiger partial charge on any atom is 0.304 e. The number of hydrogen-bond acceptors (Lipinski definition) is 6. The molecule has 7 heteroatoms. The predicted molar refractivity (Wildman–Crippen MR) is 73.4 cm³/mol. The number of anilines is 1. The van der Waals surface area contributed by atoms with Gasteiger partial charge in [-0.05, 0) is 21.0 Å². The molecular weight excluding hydrogens is 254 g/mol. The van der Waals surface area contributed by atoms with E-state index in [0.717, 1.165) is 6.54 Å². The van der Waals surface area contributed by atoms with Gasteiger partial charge in [0, 0.05) is 31.1 Å². The first kappa shape index (κ1) is 14.9. The molecule has 0 amide bonds. The summed E-state index contributed by atoms with van der Waals surface area (Å²) in [6.45, 7) is 3.13. The standard InChI is InChI=1S/C11H19N3O3S/c1-8(15)10-7-9(14(16)17)11(18-10)13(4)6-5-12(2)3/h7-8,15H,5-6H2,1-4H3. The molecule has 6 nitrogen and oxygen atoms in total. The quantitative estimate of drug-likeness (QED) is 0.631. The van der Waals surface area contributed by atoms with Crippen LogP contribution in [-0.4, -0.2) is 49.2 Å². The summed E-state index contributed by atoms with van der Waals surface area (Å²) < 4.78 is 0. The van der Waals surface area contributed by atoms with E-state index in [2.05, 4.69) is 0 Å². The minimum atomic E-state index is -0.676. The SMILES string of the molecule is CC(O)c1cc([N+](=O)[O-])c(N(C)CCN(C)C)s1. The Morgan fingerprint density at radius 1 is 1.44 bits per heavy atom. The zero-order chi connectivity index (χ0) is 13.9. The van der Waals surface area contributed by atoms with Crippen LogP contribution in [0, 0.1) is 10.1 Å². The number of likely N-dealkylation sites (N-methyl/N-ethyl adjacent to an activating group) is 2. The fourth-order valence-electron chi connectivity index (χ4n) is 1.45. The lowest BCUT2D eigenvalue weighted by atomic mass is 10.3. The van der Waals surface area contributed by atoms with Crippen molar-refractivity contribution in [2.24, 2.45) is 0 Å². The van der Waals surface area contributed by atoms with Crippen molar-refractivity contribution in [2.45, 2.75) is 13.0 Å². The molecule has 1 heterocycles. The van der Waals surface area contributed by atoms with E-state index in [1.165, 1.54) is 17.4 Å². The smallest absolute Gasteiger partial charge is 0.304 e. The van der Waals surface area contributed by atoms with Crippen LogP contribution < -0.4 is 4.90 Å². The van der Waals surface area contributed by atoms with Crippen LogP contribution in [0.15, 0.2) is 6.07 Å². The molecular formula is C11H19N3O3S. The summed E-state index contributed by atoms with van der Waals surface area (Å²) in [4.78, 5) is 15.1. The van der Waals surface area contributed by atoms with E-state index in [9.17, 15) is 15.2 Å². The van der Waals surface area contributed by atoms with Gasteiger partial charge in [-0.2, -0.15) is 0 Å². The Hall–Kier alpha value is -1.18. The van der Waals surface area contributed by atoms with Crippen LogP contribution in [0.4, 0.5) is 10.7 Å². The molecule has 0 aliphatic heterocycles. The third-order valence-corrected chi connectivity index (χ3v) is 3.96. The highest BCUT2D eigenvalue weighted by atomic mass is 32.1. The second kappa shape index (κ2) is 6.12. The first-order valence-corrected chi connectivity index (χ1v) is 6.46. The fraction of sp³-hybridized carbons (Fsp3) is 0.636. The second-order valence-corrected chi connectivity index (χ2v) is 5.56. The van der Waals surface area contributed by atoms with Gasteiger partial charge in [0.25, 0.3) is 0 Å².